The fourth-order valence-electron chi connectivity index (χ4n) is 3.34. The van der Waals surface area contributed by atoms with E-state index in [1.54, 1.807) is 23.1 Å². The Morgan fingerprint density at radius 1 is 1.36 bits per heavy atom. The maximum absolute atomic E-state index is 12.5. The van der Waals surface area contributed by atoms with E-state index in [-0.39, 0.29) is 11.6 Å². The number of tetrazole rings is 1. The van der Waals surface area contributed by atoms with E-state index in [2.05, 4.69) is 20.6 Å². The minimum atomic E-state index is -1.13. The number of aromatic amines is 1. The minimum absolute atomic E-state index is 0.214. The molecule has 2 aliphatic rings. The molecule has 1 atom stereocenters. The molecule has 2 aliphatic heterocycles. The van der Waals surface area contributed by atoms with Gasteiger partial charge in [-0.05, 0) is 36.3 Å². The number of amides is 2. The van der Waals surface area contributed by atoms with Crippen molar-refractivity contribution in [3.63, 3.8) is 0 Å². The van der Waals surface area contributed by atoms with Gasteiger partial charge in [0, 0.05) is 28.8 Å². The van der Waals surface area contributed by atoms with Crippen LogP contribution >= 0.6 is 11.6 Å². The second-order valence-electron chi connectivity index (χ2n) is 5.76. The van der Waals surface area contributed by atoms with E-state index in [1.165, 1.54) is 11.0 Å². The molecule has 1 aromatic carbocycles. The Hall–Kier alpha value is -2.94. The summed E-state index contributed by atoms with van der Waals surface area (Å²) in [5, 5.41) is 24.0. The van der Waals surface area contributed by atoms with E-state index in [9.17, 15) is 14.7 Å². The molecule has 2 amide bonds. The molecule has 1 fully saturated rings. The first-order chi connectivity index (χ1) is 12.1. The minimum Gasteiger partial charge on any atom is -0.465 e. The summed E-state index contributed by atoms with van der Waals surface area (Å²) < 4.78 is 0. The summed E-state index contributed by atoms with van der Waals surface area (Å²) in [6, 6.07) is 4.93. The van der Waals surface area contributed by atoms with E-state index in [0.29, 0.717) is 34.9 Å². The number of fused-ring (bicyclic) bond motifs is 1. The standard InChI is InChI=1S/C15H13ClN6O3/c16-8-3-4-9(14-17-19-20-18-14)10(6-8)11-7-13(23)21-5-1-2-12(21)22(11)15(24)25/h3-4,6-7,12H,1-2,5H2,(H,24,25)(H,17,18,19,20). The zero-order valence-corrected chi connectivity index (χ0v) is 13.6. The van der Waals surface area contributed by atoms with Crippen molar-refractivity contribution in [3.05, 3.63) is 34.9 Å². The summed E-state index contributed by atoms with van der Waals surface area (Å²) in [6.07, 6.45) is 1.03. The molecule has 0 radical (unpaired) electrons. The number of benzene rings is 1. The molecule has 25 heavy (non-hydrogen) atoms. The number of H-pyrrole nitrogens is 1. The predicted octanol–water partition coefficient (Wildman–Crippen LogP) is 1.80. The average molecular weight is 361 g/mol. The van der Waals surface area contributed by atoms with E-state index >= 15 is 0 Å². The Labute approximate surface area is 146 Å². The summed E-state index contributed by atoms with van der Waals surface area (Å²) in [5.74, 6) is 0.0771. The van der Waals surface area contributed by atoms with Crippen molar-refractivity contribution in [1.29, 1.82) is 0 Å². The van der Waals surface area contributed by atoms with Crippen molar-refractivity contribution in [2.24, 2.45) is 0 Å². The van der Waals surface area contributed by atoms with E-state index in [0.717, 1.165) is 6.42 Å². The topological polar surface area (TPSA) is 115 Å². The van der Waals surface area contributed by atoms with Crippen LogP contribution in [0.1, 0.15) is 18.4 Å². The molecule has 3 heterocycles. The van der Waals surface area contributed by atoms with Crippen molar-refractivity contribution in [2.75, 3.05) is 6.54 Å². The fourth-order valence-corrected chi connectivity index (χ4v) is 3.51. The van der Waals surface area contributed by atoms with Crippen LogP contribution in [0.15, 0.2) is 24.3 Å². The zero-order valence-electron chi connectivity index (χ0n) is 12.9. The Balaban J connectivity index is 1.91. The van der Waals surface area contributed by atoms with Gasteiger partial charge in [-0.1, -0.05) is 11.6 Å². The van der Waals surface area contributed by atoms with Gasteiger partial charge in [0.1, 0.15) is 6.17 Å². The molecule has 10 heteroatoms. The highest BCUT2D eigenvalue weighted by molar-refractivity contribution is 6.31. The summed E-state index contributed by atoms with van der Waals surface area (Å²) in [6.45, 7) is 0.546. The maximum Gasteiger partial charge on any atom is 0.413 e. The first kappa shape index (κ1) is 15.6. The van der Waals surface area contributed by atoms with Crippen molar-refractivity contribution in [1.82, 2.24) is 30.4 Å². The number of halogens is 1. The monoisotopic (exact) mass is 360 g/mol. The molecule has 9 nitrogen and oxygen atoms in total. The Morgan fingerprint density at radius 3 is 2.92 bits per heavy atom. The largest absolute Gasteiger partial charge is 0.465 e. The van der Waals surface area contributed by atoms with Crippen molar-refractivity contribution < 1.29 is 14.7 Å². The lowest BCUT2D eigenvalue weighted by molar-refractivity contribution is -0.129. The van der Waals surface area contributed by atoms with Crippen molar-refractivity contribution >= 4 is 29.3 Å². The van der Waals surface area contributed by atoms with Gasteiger partial charge in [0.25, 0.3) is 0 Å². The maximum atomic E-state index is 12.5. The van der Waals surface area contributed by atoms with Gasteiger partial charge in [-0.3, -0.25) is 9.69 Å². The number of carbonyl (C=O) groups is 2. The Bertz CT molecular complexity index is 881. The third kappa shape index (κ3) is 2.52. The molecule has 0 aliphatic carbocycles. The lowest BCUT2D eigenvalue weighted by Crippen LogP contribution is -2.51. The molecule has 1 saturated heterocycles. The Morgan fingerprint density at radius 2 is 2.20 bits per heavy atom. The number of carbonyl (C=O) groups excluding carboxylic acids is 1. The summed E-state index contributed by atoms with van der Waals surface area (Å²) in [5.41, 5.74) is 1.27. The van der Waals surface area contributed by atoms with Gasteiger partial charge in [0.2, 0.25) is 11.7 Å². The summed E-state index contributed by atoms with van der Waals surface area (Å²) >= 11 is 6.12. The van der Waals surface area contributed by atoms with Gasteiger partial charge in [-0.25, -0.2) is 4.79 Å². The fraction of sp³-hybridized carbons (Fsp3) is 0.267. The number of hydrogen-bond acceptors (Lipinski definition) is 5. The first-order valence-electron chi connectivity index (χ1n) is 7.64. The van der Waals surface area contributed by atoms with Gasteiger partial charge >= 0.3 is 6.09 Å². The lowest BCUT2D eigenvalue weighted by Gasteiger charge is -2.38. The van der Waals surface area contributed by atoms with Crippen LogP contribution in [0, 0.1) is 0 Å². The summed E-state index contributed by atoms with van der Waals surface area (Å²) in [4.78, 5) is 27.2. The molecule has 2 N–H and O–H groups in total. The van der Waals surface area contributed by atoms with Crippen molar-refractivity contribution in [2.45, 2.75) is 19.0 Å². The number of nitrogens with zero attached hydrogens (tertiary/aromatic N) is 5. The third-order valence-corrected chi connectivity index (χ3v) is 4.61. The molecule has 0 bridgehead atoms. The summed E-state index contributed by atoms with van der Waals surface area (Å²) in [7, 11) is 0. The highest BCUT2D eigenvalue weighted by Gasteiger charge is 2.41. The van der Waals surface area contributed by atoms with Crippen LogP contribution in [0.25, 0.3) is 17.1 Å². The first-order valence-corrected chi connectivity index (χ1v) is 8.02. The van der Waals surface area contributed by atoms with Gasteiger partial charge in [-0.2, -0.15) is 5.21 Å². The molecule has 0 saturated carbocycles. The normalized spacial score (nSPS) is 19.8. The van der Waals surface area contributed by atoms with Crippen LogP contribution in [-0.4, -0.2) is 60.2 Å². The van der Waals surface area contributed by atoms with Crippen LogP contribution in [-0.2, 0) is 4.79 Å². The average Bonchev–Trinajstić information content (AvgIpc) is 3.26. The highest BCUT2D eigenvalue weighted by atomic mass is 35.5. The van der Waals surface area contributed by atoms with Crippen molar-refractivity contribution in [3.8, 4) is 11.4 Å². The number of aromatic nitrogens is 4. The SMILES string of the molecule is O=C1C=C(c2cc(Cl)ccc2-c2nn[nH]n2)N(C(=O)O)C2CCCN12. The van der Waals surface area contributed by atoms with Crippen LogP contribution in [0.2, 0.25) is 5.02 Å². The molecule has 4 rings (SSSR count). The quantitative estimate of drug-likeness (QED) is 0.843. The highest BCUT2D eigenvalue weighted by Crippen LogP contribution is 2.37. The second-order valence-corrected chi connectivity index (χ2v) is 6.20. The molecule has 0 spiro atoms. The number of nitrogens with one attached hydrogen (secondary N) is 1. The number of carboxylic acid groups (broad SMARTS) is 1. The van der Waals surface area contributed by atoms with Crippen LogP contribution in [0.3, 0.4) is 0 Å². The van der Waals surface area contributed by atoms with Crippen LogP contribution in [0.5, 0.6) is 0 Å². The molecule has 1 aromatic heterocycles. The van der Waals surface area contributed by atoms with Crippen LogP contribution in [0.4, 0.5) is 4.79 Å². The smallest absolute Gasteiger partial charge is 0.413 e. The van der Waals surface area contributed by atoms with Gasteiger partial charge < -0.3 is 10.0 Å². The van der Waals surface area contributed by atoms with E-state index in [1.807, 2.05) is 0 Å². The molecule has 128 valence electrons. The molecular formula is C15H13ClN6O3. The van der Waals surface area contributed by atoms with Gasteiger partial charge in [0.05, 0.1) is 5.70 Å². The Kier molecular flexibility index (Phi) is 3.65. The van der Waals surface area contributed by atoms with E-state index in [4.69, 9.17) is 11.6 Å². The lowest BCUT2D eigenvalue weighted by atomic mass is 10.0. The predicted molar refractivity (Wildman–Crippen MR) is 87.2 cm³/mol. The molecule has 2 aromatic rings. The second kappa shape index (κ2) is 5.85. The molecule has 1 unspecified atom stereocenters. The van der Waals surface area contributed by atoms with E-state index < -0.39 is 12.3 Å². The van der Waals surface area contributed by atoms with Crippen LogP contribution < -0.4 is 0 Å². The van der Waals surface area contributed by atoms with Gasteiger partial charge in [0.15, 0.2) is 0 Å². The zero-order chi connectivity index (χ0) is 17.6. The third-order valence-electron chi connectivity index (χ3n) is 4.37. The number of hydrogen-bond donors (Lipinski definition) is 2. The number of rotatable bonds is 2. The van der Waals surface area contributed by atoms with Gasteiger partial charge in [-0.15, -0.1) is 10.2 Å². The molecular weight excluding hydrogens is 348 g/mol.